The third-order valence-corrected chi connectivity index (χ3v) is 4.43. The van der Waals surface area contributed by atoms with Gasteiger partial charge < -0.3 is 4.74 Å². The van der Waals surface area contributed by atoms with E-state index in [1.54, 1.807) is 30.3 Å². The molecule has 1 N–H and O–H groups in total. The molecule has 6 heteroatoms. The average molecular weight is 331 g/mol. The molecule has 2 rings (SSSR count). The highest BCUT2D eigenvalue weighted by Gasteiger charge is 2.14. The minimum absolute atomic E-state index is 0.117. The summed E-state index contributed by atoms with van der Waals surface area (Å²) in [5.74, 6) is -0.504. The molecule has 2 aromatic carbocycles. The van der Waals surface area contributed by atoms with Gasteiger partial charge in [0.05, 0.1) is 12.0 Å². The molecule has 0 aliphatic carbocycles. The van der Waals surface area contributed by atoms with E-state index in [-0.39, 0.29) is 4.90 Å². The minimum Gasteiger partial charge on any atom is -0.466 e. The van der Waals surface area contributed by atoms with Crippen molar-refractivity contribution in [1.29, 1.82) is 0 Å². The number of benzene rings is 2. The number of rotatable bonds is 5. The highest BCUT2D eigenvalue weighted by Crippen LogP contribution is 2.18. The molecular weight excluding hydrogens is 314 g/mol. The summed E-state index contributed by atoms with van der Waals surface area (Å²) in [5, 5.41) is 0. The van der Waals surface area contributed by atoms with Crippen LogP contribution in [0.1, 0.15) is 11.1 Å². The van der Waals surface area contributed by atoms with Crippen LogP contribution in [-0.2, 0) is 19.6 Å². The number of hydrogen-bond acceptors (Lipinski definition) is 4. The quantitative estimate of drug-likeness (QED) is 0.675. The maximum atomic E-state index is 12.4. The number of ether oxygens (including phenoxy) is 1. The van der Waals surface area contributed by atoms with Crippen molar-refractivity contribution in [2.45, 2.75) is 11.8 Å². The maximum Gasteiger partial charge on any atom is 0.330 e. The van der Waals surface area contributed by atoms with Crippen molar-refractivity contribution in [3.8, 4) is 0 Å². The summed E-state index contributed by atoms with van der Waals surface area (Å²) in [6.45, 7) is 1.88. The van der Waals surface area contributed by atoms with E-state index in [1.165, 1.54) is 31.4 Å². The van der Waals surface area contributed by atoms with E-state index in [0.29, 0.717) is 11.3 Å². The second-order valence-electron chi connectivity index (χ2n) is 4.90. The molecule has 23 heavy (non-hydrogen) atoms. The fourth-order valence-corrected chi connectivity index (χ4v) is 3.04. The Morgan fingerprint density at radius 1 is 1.13 bits per heavy atom. The second kappa shape index (κ2) is 7.11. The molecule has 5 nitrogen and oxygen atoms in total. The number of anilines is 1. The first-order valence-electron chi connectivity index (χ1n) is 6.86. The van der Waals surface area contributed by atoms with Crippen molar-refractivity contribution in [3.05, 3.63) is 65.7 Å². The molecule has 0 aromatic heterocycles. The molecule has 120 valence electrons. The first kappa shape index (κ1) is 16.8. The first-order chi connectivity index (χ1) is 10.9. The molecule has 0 saturated heterocycles. The molecule has 0 heterocycles. The highest BCUT2D eigenvalue weighted by atomic mass is 32.2. The van der Waals surface area contributed by atoms with Gasteiger partial charge in [-0.2, -0.15) is 0 Å². The Hall–Kier alpha value is -2.60. The van der Waals surface area contributed by atoms with Crippen molar-refractivity contribution in [1.82, 2.24) is 0 Å². The lowest BCUT2D eigenvalue weighted by atomic mass is 10.2. The van der Waals surface area contributed by atoms with E-state index in [0.717, 1.165) is 5.56 Å². The van der Waals surface area contributed by atoms with Crippen LogP contribution < -0.4 is 4.72 Å². The molecule has 0 fully saturated rings. The minimum atomic E-state index is -3.70. The number of methoxy groups -OCH3 is 1. The third-order valence-electron chi connectivity index (χ3n) is 3.05. The summed E-state index contributed by atoms with van der Waals surface area (Å²) < 4.78 is 31.9. The number of hydrogen-bond donors (Lipinski definition) is 1. The van der Waals surface area contributed by atoms with E-state index in [1.807, 2.05) is 13.0 Å². The molecule has 0 saturated carbocycles. The van der Waals surface area contributed by atoms with Crippen LogP contribution in [0.5, 0.6) is 0 Å². The summed E-state index contributed by atoms with van der Waals surface area (Å²) in [7, 11) is -2.42. The van der Waals surface area contributed by atoms with Crippen molar-refractivity contribution in [2.24, 2.45) is 0 Å². The van der Waals surface area contributed by atoms with Crippen molar-refractivity contribution < 1.29 is 17.9 Å². The van der Waals surface area contributed by atoms with Gasteiger partial charge in [-0.1, -0.05) is 24.3 Å². The molecule has 0 radical (unpaired) electrons. The van der Waals surface area contributed by atoms with Gasteiger partial charge in [-0.05, 0) is 48.4 Å². The van der Waals surface area contributed by atoms with Crippen LogP contribution in [0, 0.1) is 6.92 Å². The SMILES string of the molecule is COC(=O)/C=C/c1cccc(S(=O)(=O)Nc2cccc(C)c2)c1. The van der Waals surface area contributed by atoms with E-state index in [2.05, 4.69) is 9.46 Å². The number of aryl methyl sites for hydroxylation is 1. The summed E-state index contributed by atoms with van der Waals surface area (Å²) in [6.07, 6.45) is 2.73. The Balaban J connectivity index is 2.26. The largest absolute Gasteiger partial charge is 0.466 e. The van der Waals surface area contributed by atoms with Crippen LogP contribution in [0.2, 0.25) is 0 Å². The zero-order valence-corrected chi connectivity index (χ0v) is 13.6. The van der Waals surface area contributed by atoms with Crippen molar-refractivity contribution in [3.63, 3.8) is 0 Å². The lowest BCUT2D eigenvalue weighted by Gasteiger charge is -2.09. The lowest BCUT2D eigenvalue weighted by Crippen LogP contribution is -2.13. The molecule has 2 aromatic rings. The Morgan fingerprint density at radius 3 is 2.57 bits per heavy atom. The van der Waals surface area contributed by atoms with E-state index in [4.69, 9.17) is 0 Å². The average Bonchev–Trinajstić information content (AvgIpc) is 2.52. The summed E-state index contributed by atoms with van der Waals surface area (Å²) in [4.78, 5) is 11.2. The van der Waals surface area contributed by atoms with Gasteiger partial charge in [0.1, 0.15) is 0 Å². The number of nitrogens with one attached hydrogen (secondary N) is 1. The zero-order valence-electron chi connectivity index (χ0n) is 12.8. The van der Waals surface area contributed by atoms with E-state index < -0.39 is 16.0 Å². The topological polar surface area (TPSA) is 72.5 Å². The number of esters is 1. The third kappa shape index (κ3) is 4.69. The fraction of sp³-hybridized carbons (Fsp3) is 0.118. The first-order valence-corrected chi connectivity index (χ1v) is 8.34. The Morgan fingerprint density at radius 2 is 1.87 bits per heavy atom. The van der Waals surface area contributed by atoms with Gasteiger partial charge in [-0.15, -0.1) is 0 Å². The number of carbonyl (C=O) groups excluding carboxylic acids is 1. The van der Waals surface area contributed by atoms with E-state index >= 15 is 0 Å². The second-order valence-corrected chi connectivity index (χ2v) is 6.59. The predicted molar refractivity (Wildman–Crippen MR) is 89.5 cm³/mol. The van der Waals surface area contributed by atoms with Crippen LogP contribution in [0.3, 0.4) is 0 Å². The monoisotopic (exact) mass is 331 g/mol. The summed E-state index contributed by atoms with van der Waals surface area (Å²) >= 11 is 0. The number of carbonyl (C=O) groups is 1. The molecular formula is C17H17NO4S. The van der Waals surface area contributed by atoms with Crippen LogP contribution in [0.15, 0.2) is 59.5 Å². The lowest BCUT2D eigenvalue weighted by molar-refractivity contribution is -0.134. The fourth-order valence-electron chi connectivity index (χ4n) is 1.94. The van der Waals surface area contributed by atoms with Gasteiger partial charge in [0.2, 0.25) is 0 Å². The summed E-state index contributed by atoms with van der Waals surface area (Å²) in [5.41, 5.74) is 2.04. The Labute approximate surface area is 135 Å². The molecule has 0 aliphatic rings. The van der Waals surface area contributed by atoms with Crippen LogP contribution in [0.4, 0.5) is 5.69 Å². The highest BCUT2D eigenvalue weighted by molar-refractivity contribution is 7.92. The molecule has 0 amide bonds. The van der Waals surface area contributed by atoms with Crippen molar-refractivity contribution >= 4 is 27.8 Å². The van der Waals surface area contributed by atoms with Gasteiger partial charge in [0, 0.05) is 11.8 Å². The molecule has 0 aliphatic heterocycles. The van der Waals surface area contributed by atoms with Gasteiger partial charge >= 0.3 is 5.97 Å². The normalized spacial score (nSPS) is 11.4. The molecule has 0 bridgehead atoms. The van der Waals surface area contributed by atoms with Gasteiger partial charge in [-0.3, -0.25) is 4.72 Å². The molecule has 0 unspecified atom stereocenters. The van der Waals surface area contributed by atoms with E-state index in [9.17, 15) is 13.2 Å². The molecule has 0 atom stereocenters. The van der Waals surface area contributed by atoms with Gasteiger partial charge in [0.25, 0.3) is 10.0 Å². The zero-order chi connectivity index (χ0) is 16.9. The molecule has 0 spiro atoms. The standard InChI is InChI=1S/C17H17NO4S/c1-13-5-3-7-15(11-13)18-23(20,21)16-8-4-6-14(12-16)9-10-17(19)22-2/h3-12,18H,1-2H3/b10-9+. The Kier molecular flexibility index (Phi) is 5.18. The van der Waals surface area contributed by atoms with Crippen LogP contribution in [0.25, 0.3) is 6.08 Å². The van der Waals surface area contributed by atoms with Crippen molar-refractivity contribution in [2.75, 3.05) is 11.8 Å². The number of sulfonamides is 1. The smallest absolute Gasteiger partial charge is 0.330 e. The van der Waals surface area contributed by atoms with Crippen LogP contribution >= 0.6 is 0 Å². The maximum absolute atomic E-state index is 12.4. The summed E-state index contributed by atoms with van der Waals surface area (Å²) in [6, 6.07) is 13.4. The predicted octanol–water partition coefficient (Wildman–Crippen LogP) is 2.98. The Bertz CT molecular complexity index is 841. The van der Waals surface area contributed by atoms with Gasteiger partial charge in [0.15, 0.2) is 0 Å². The van der Waals surface area contributed by atoms with Gasteiger partial charge in [-0.25, -0.2) is 13.2 Å². The van der Waals surface area contributed by atoms with Crippen LogP contribution in [-0.4, -0.2) is 21.5 Å².